The van der Waals surface area contributed by atoms with Crippen LogP contribution in [0.1, 0.15) is 13.3 Å². The van der Waals surface area contributed by atoms with Crippen LogP contribution >= 0.6 is 0 Å². The van der Waals surface area contributed by atoms with E-state index < -0.39 is 0 Å². The summed E-state index contributed by atoms with van der Waals surface area (Å²) < 4.78 is 5.03. The van der Waals surface area contributed by atoms with E-state index in [0.717, 1.165) is 6.61 Å². The summed E-state index contributed by atoms with van der Waals surface area (Å²) >= 11 is 0. The first-order valence-corrected chi connectivity index (χ1v) is 4.57. The summed E-state index contributed by atoms with van der Waals surface area (Å²) in [5, 5.41) is 0. The summed E-state index contributed by atoms with van der Waals surface area (Å²) in [5.41, 5.74) is 0. The predicted octanol–water partition coefficient (Wildman–Crippen LogP) is 1.97. The SMILES string of the molecule is COCC1C=CC(CC(C)=O)C=C1. The molecule has 0 fully saturated rings. The van der Waals surface area contributed by atoms with Gasteiger partial charge in [0.05, 0.1) is 6.61 Å². The lowest BCUT2D eigenvalue weighted by molar-refractivity contribution is -0.117. The van der Waals surface area contributed by atoms with Gasteiger partial charge in [-0.05, 0) is 6.92 Å². The molecule has 0 saturated carbocycles. The fraction of sp³-hybridized carbons (Fsp3) is 0.545. The molecule has 0 amide bonds. The molecule has 0 heterocycles. The molecule has 2 nitrogen and oxygen atoms in total. The summed E-state index contributed by atoms with van der Waals surface area (Å²) in [7, 11) is 1.70. The molecule has 0 unspecified atom stereocenters. The zero-order valence-electron chi connectivity index (χ0n) is 8.19. The van der Waals surface area contributed by atoms with E-state index in [1.807, 2.05) is 0 Å². The second kappa shape index (κ2) is 4.97. The Bertz CT molecular complexity index is 214. The Morgan fingerprint density at radius 1 is 1.23 bits per heavy atom. The van der Waals surface area contributed by atoms with Gasteiger partial charge < -0.3 is 4.74 Å². The topological polar surface area (TPSA) is 26.3 Å². The van der Waals surface area contributed by atoms with Crippen molar-refractivity contribution in [3.05, 3.63) is 24.3 Å². The van der Waals surface area contributed by atoms with Crippen LogP contribution in [0.15, 0.2) is 24.3 Å². The maximum absolute atomic E-state index is 10.8. The minimum Gasteiger partial charge on any atom is -0.384 e. The highest BCUT2D eigenvalue weighted by Crippen LogP contribution is 2.17. The van der Waals surface area contributed by atoms with Crippen LogP contribution < -0.4 is 0 Å². The van der Waals surface area contributed by atoms with Crippen LogP contribution in [0.5, 0.6) is 0 Å². The molecule has 13 heavy (non-hydrogen) atoms. The maximum Gasteiger partial charge on any atom is 0.130 e. The average Bonchev–Trinajstić information content (AvgIpc) is 2.08. The number of carbonyl (C=O) groups is 1. The Kier molecular flexibility index (Phi) is 3.90. The van der Waals surface area contributed by atoms with E-state index in [4.69, 9.17) is 4.74 Å². The molecule has 0 spiro atoms. The summed E-state index contributed by atoms with van der Waals surface area (Å²) in [6, 6.07) is 0. The molecule has 0 saturated heterocycles. The predicted molar refractivity (Wildman–Crippen MR) is 52.4 cm³/mol. The van der Waals surface area contributed by atoms with Gasteiger partial charge in [-0.15, -0.1) is 0 Å². The number of allylic oxidation sites excluding steroid dienone is 2. The minimum atomic E-state index is 0.240. The Labute approximate surface area is 79.3 Å². The maximum atomic E-state index is 10.8. The van der Waals surface area contributed by atoms with Crippen molar-refractivity contribution in [2.45, 2.75) is 13.3 Å². The van der Waals surface area contributed by atoms with Gasteiger partial charge in [0.1, 0.15) is 5.78 Å². The van der Waals surface area contributed by atoms with Crippen LogP contribution in [0.25, 0.3) is 0 Å². The van der Waals surface area contributed by atoms with E-state index in [0.29, 0.717) is 18.3 Å². The molecule has 0 aromatic carbocycles. The monoisotopic (exact) mass is 180 g/mol. The molecule has 1 rings (SSSR count). The van der Waals surface area contributed by atoms with Crippen LogP contribution in [-0.4, -0.2) is 19.5 Å². The van der Waals surface area contributed by atoms with Crippen molar-refractivity contribution < 1.29 is 9.53 Å². The highest BCUT2D eigenvalue weighted by atomic mass is 16.5. The lowest BCUT2D eigenvalue weighted by Crippen LogP contribution is -2.09. The van der Waals surface area contributed by atoms with Gasteiger partial charge in [0.25, 0.3) is 0 Å². The van der Waals surface area contributed by atoms with Gasteiger partial charge in [-0.1, -0.05) is 24.3 Å². The summed E-state index contributed by atoms with van der Waals surface area (Å²) in [6.45, 7) is 2.35. The Balaban J connectivity index is 2.39. The molecule has 0 aromatic heterocycles. The fourth-order valence-corrected chi connectivity index (χ4v) is 1.47. The van der Waals surface area contributed by atoms with Gasteiger partial charge in [0.15, 0.2) is 0 Å². The van der Waals surface area contributed by atoms with E-state index in [9.17, 15) is 4.79 Å². The van der Waals surface area contributed by atoms with E-state index in [1.165, 1.54) is 0 Å². The molecule has 2 heteroatoms. The van der Waals surface area contributed by atoms with E-state index in [2.05, 4.69) is 24.3 Å². The lowest BCUT2D eigenvalue weighted by Gasteiger charge is -2.14. The molecule has 0 atom stereocenters. The van der Waals surface area contributed by atoms with Crippen molar-refractivity contribution >= 4 is 5.78 Å². The first-order chi connectivity index (χ1) is 6.22. The largest absolute Gasteiger partial charge is 0.384 e. The van der Waals surface area contributed by atoms with Crippen molar-refractivity contribution in [1.82, 2.24) is 0 Å². The van der Waals surface area contributed by atoms with Crippen molar-refractivity contribution in [1.29, 1.82) is 0 Å². The van der Waals surface area contributed by atoms with E-state index in [1.54, 1.807) is 14.0 Å². The minimum absolute atomic E-state index is 0.240. The molecule has 0 aromatic rings. The standard InChI is InChI=1S/C11H16O2/c1-9(12)7-10-3-5-11(6-4-10)8-13-2/h3-6,10-11H,7-8H2,1-2H3. The highest BCUT2D eigenvalue weighted by Gasteiger charge is 2.10. The van der Waals surface area contributed by atoms with Crippen molar-refractivity contribution in [2.75, 3.05) is 13.7 Å². The molecule has 1 aliphatic carbocycles. The summed E-state index contributed by atoms with van der Waals surface area (Å²) in [4.78, 5) is 10.8. The number of hydrogen-bond acceptors (Lipinski definition) is 2. The van der Waals surface area contributed by atoms with Gasteiger partial charge in [-0.25, -0.2) is 0 Å². The van der Waals surface area contributed by atoms with Crippen LogP contribution in [0.3, 0.4) is 0 Å². The molecule has 0 bridgehead atoms. The summed E-state index contributed by atoms with van der Waals surface area (Å²) in [6.07, 6.45) is 9.01. The first-order valence-electron chi connectivity index (χ1n) is 4.57. The third kappa shape index (κ3) is 3.55. The smallest absolute Gasteiger partial charge is 0.130 e. The van der Waals surface area contributed by atoms with Crippen molar-refractivity contribution in [2.24, 2.45) is 11.8 Å². The molecule has 1 aliphatic rings. The van der Waals surface area contributed by atoms with Crippen molar-refractivity contribution in [3.63, 3.8) is 0 Å². The van der Waals surface area contributed by atoms with Crippen molar-refractivity contribution in [3.8, 4) is 0 Å². The molecule has 72 valence electrons. The number of hydrogen-bond donors (Lipinski definition) is 0. The second-order valence-corrected chi connectivity index (χ2v) is 3.46. The Morgan fingerprint density at radius 3 is 2.23 bits per heavy atom. The van der Waals surface area contributed by atoms with Gasteiger partial charge in [0, 0.05) is 25.4 Å². The van der Waals surface area contributed by atoms with Gasteiger partial charge >= 0.3 is 0 Å². The lowest BCUT2D eigenvalue weighted by atomic mass is 9.93. The normalized spacial score (nSPS) is 26.3. The molecule has 0 N–H and O–H groups in total. The van der Waals surface area contributed by atoms with Crippen LogP contribution in [-0.2, 0) is 9.53 Å². The quantitative estimate of drug-likeness (QED) is 0.618. The van der Waals surface area contributed by atoms with E-state index in [-0.39, 0.29) is 5.78 Å². The zero-order valence-corrected chi connectivity index (χ0v) is 8.19. The number of methoxy groups -OCH3 is 1. The highest BCUT2D eigenvalue weighted by molar-refractivity contribution is 5.76. The molecule has 0 radical (unpaired) electrons. The number of Topliss-reactive ketones (excluding diaryl/α,β-unsaturated/α-hetero) is 1. The molecule has 0 aliphatic heterocycles. The Morgan fingerprint density at radius 2 is 1.77 bits per heavy atom. The van der Waals surface area contributed by atoms with E-state index >= 15 is 0 Å². The third-order valence-corrected chi connectivity index (χ3v) is 2.09. The number of rotatable bonds is 4. The molecular weight excluding hydrogens is 164 g/mol. The third-order valence-electron chi connectivity index (χ3n) is 2.09. The van der Waals surface area contributed by atoms with Crippen LogP contribution in [0.4, 0.5) is 0 Å². The molecular formula is C11H16O2. The number of ether oxygens (including phenoxy) is 1. The van der Waals surface area contributed by atoms with Gasteiger partial charge in [-0.3, -0.25) is 4.79 Å². The second-order valence-electron chi connectivity index (χ2n) is 3.46. The Hall–Kier alpha value is -0.890. The zero-order chi connectivity index (χ0) is 9.68. The van der Waals surface area contributed by atoms with Crippen LogP contribution in [0, 0.1) is 11.8 Å². The fourth-order valence-electron chi connectivity index (χ4n) is 1.47. The van der Waals surface area contributed by atoms with Crippen LogP contribution in [0.2, 0.25) is 0 Å². The summed E-state index contributed by atoms with van der Waals surface area (Å²) in [5.74, 6) is 0.920. The van der Waals surface area contributed by atoms with Gasteiger partial charge in [-0.2, -0.15) is 0 Å². The number of carbonyl (C=O) groups excluding carboxylic acids is 1. The van der Waals surface area contributed by atoms with Gasteiger partial charge in [0.2, 0.25) is 0 Å². The number of ketones is 1. The average molecular weight is 180 g/mol. The first kappa shape index (κ1) is 10.2.